The van der Waals surface area contributed by atoms with Gasteiger partial charge in [-0.25, -0.2) is 4.99 Å². The van der Waals surface area contributed by atoms with E-state index in [4.69, 9.17) is 14.5 Å². The number of hydrogen-bond donors (Lipinski definition) is 2. The van der Waals surface area contributed by atoms with Gasteiger partial charge in [-0.1, -0.05) is 56.3 Å². The molecule has 0 amide bonds. The average Bonchev–Trinajstić information content (AvgIpc) is 3.20. The van der Waals surface area contributed by atoms with E-state index in [1.165, 1.54) is 5.56 Å². The monoisotopic (exact) mass is 457 g/mol. The summed E-state index contributed by atoms with van der Waals surface area (Å²) in [4.78, 5) is 10.4. The summed E-state index contributed by atoms with van der Waals surface area (Å²) >= 11 is 0. The summed E-state index contributed by atoms with van der Waals surface area (Å²) in [5, 5.41) is 11.7. The minimum absolute atomic E-state index is 0.0473. The second-order valence-corrected chi connectivity index (χ2v) is 8.06. The molecule has 0 spiro atoms. The topological polar surface area (TPSA) is 70.1 Å². The Labute approximate surface area is 200 Å². The first-order valence-electron chi connectivity index (χ1n) is 11.5. The summed E-state index contributed by atoms with van der Waals surface area (Å²) < 4.78 is 10.9. The van der Waals surface area contributed by atoms with E-state index in [0.29, 0.717) is 22.8 Å². The van der Waals surface area contributed by atoms with Crippen LogP contribution in [0.5, 0.6) is 17.4 Å². The molecule has 0 unspecified atom stereocenters. The molecule has 4 aromatic rings. The van der Waals surface area contributed by atoms with Crippen LogP contribution in [0.1, 0.15) is 30.5 Å². The molecule has 1 heterocycles. The van der Waals surface area contributed by atoms with Crippen molar-refractivity contribution in [1.82, 2.24) is 9.88 Å². The molecule has 4 rings (SSSR count). The molecule has 3 aromatic carbocycles. The van der Waals surface area contributed by atoms with Crippen LogP contribution in [-0.2, 0) is 6.54 Å². The van der Waals surface area contributed by atoms with E-state index in [1.807, 2.05) is 54.6 Å². The summed E-state index contributed by atoms with van der Waals surface area (Å²) in [6.45, 7) is 7.29. The zero-order valence-corrected chi connectivity index (χ0v) is 20.1. The SMILES string of the molecule is CCN(CC)Cc1ccc(N=C(c2ccccc2)c2c(O)[nH]c3cc(OC)c(OC)cc23)cc1. The van der Waals surface area contributed by atoms with Gasteiger partial charge in [-0.3, -0.25) is 4.90 Å². The molecular formula is C28H31N3O3. The molecule has 0 atom stereocenters. The van der Waals surface area contributed by atoms with Gasteiger partial charge in [-0.2, -0.15) is 0 Å². The van der Waals surface area contributed by atoms with Crippen molar-refractivity contribution in [3.05, 3.63) is 83.4 Å². The fraction of sp³-hybridized carbons (Fsp3) is 0.250. The van der Waals surface area contributed by atoms with Crippen LogP contribution in [0.3, 0.4) is 0 Å². The van der Waals surface area contributed by atoms with Gasteiger partial charge in [0.25, 0.3) is 0 Å². The highest BCUT2D eigenvalue weighted by molar-refractivity contribution is 6.22. The fourth-order valence-corrected chi connectivity index (χ4v) is 4.12. The third kappa shape index (κ3) is 4.77. The lowest BCUT2D eigenvalue weighted by Gasteiger charge is -2.17. The normalized spacial score (nSPS) is 11.9. The number of nitrogens with zero attached hydrogens (tertiary/aromatic N) is 2. The van der Waals surface area contributed by atoms with Gasteiger partial charge in [0.2, 0.25) is 0 Å². The Hall–Kier alpha value is -3.77. The summed E-state index contributed by atoms with van der Waals surface area (Å²) in [6.07, 6.45) is 0. The third-order valence-electron chi connectivity index (χ3n) is 6.04. The van der Waals surface area contributed by atoms with Crippen molar-refractivity contribution in [2.24, 2.45) is 4.99 Å². The Balaban J connectivity index is 1.83. The molecule has 34 heavy (non-hydrogen) atoms. The van der Waals surface area contributed by atoms with Gasteiger partial charge in [0.05, 0.1) is 36.7 Å². The van der Waals surface area contributed by atoms with Gasteiger partial charge < -0.3 is 19.6 Å². The van der Waals surface area contributed by atoms with E-state index >= 15 is 0 Å². The van der Waals surface area contributed by atoms with E-state index in [1.54, 1.807) is 14.2 Å². The minimum Gasteiger partial charge on any atom is -0.494 e. The maximum atomic E-state index is 10.9. The number of benzene rings is 3. The molecule has 2 N–H and O–H groups in total. The maximum absolute atomic E-state index is 10.9. The number of aromatic nitrogens is 1. The summed E-state index contributed by atoms with van der Waals surface area (Å²) in [7, 11) is 3.19. The maximum Gasteiger partial charge on any atom is 0.199 e. The van der Waals surface area contributed by atoms with Crippen molar-refractivity contribution in [3.63, 3.8) is 0 Å². The highest BCUT2D eigenvalue weighted by atomic mass is 16.5. The first kappa shape index (κ1) is 23.4. The fourth-order valence-electron chi connectivity index (χ4n) is 4.12. The van der Waals surface area contributed by atoms with Crippen molar-refractivity contribution in [2.75, 3.05) is 27.3 Å². The number of aliphatic imine (C=N–C) groups is 1. The number of hydrogen-bond acceptors (Lipinski definition) is 5. The lowest BCUT2D eigenvalue weighted by molar-refractivity contribution is 0.296. The second kappa shape index (κ2) is 10.4. The lowest BCUT2D eigenvalue weighted by atomic mass is 10.0. The van der Waals surface area contributed by atoms with Gasteiger partial charge in [-0.05, 0) is 36.9 Å². The second-order valence-electron chi connectivity index (χ2n) is 8.06. The number of nitrogens with one attached hydrogen (secondary N) is 1. The molecule has 0 radical (unpaired) electrons. The number of H-pyrrole nitrogens is 1. The summed E-state index contributed by atoms with van der Waals surface area (Å²) in [5.41, 5.74) is 5.00. The zero-order valence-electron chi connectivity index (χ0n) is 20.1. The minimum atomic E-state index is 0.0473. The highest BCUT2D eigenvalue weighted by Gasteiger charge is 2.21. The van der Waals surface area contributed by atoms with Crippen LogP contribution >= 0.6 is 0 Å². The number of rotatable bonds is 9. The van der Waals surface area contributed by atoms with Crippen molar-refractivity contribution in [3.8, 4) is 17.4 Å². The van der Waals surface area contributed by atoms with E-state index < -0.39 is 0 Å². The largest absolute Gasteiger partial charge is 0.494 e. The van der Waals surface area contributed by atoms with Gasteiger partial charge in [-0.15, -0.1) is 0 Å². The molecule has 1 aromatic heterocycles. The zero-order chi connectivity index (χ0) is 24.1. The van der Waals surface area contributed by atoms with E-state index in [-0.39, 0.29) is 5.88 Å². The van der Waals surface area contributed by atoms with Crippen LogP contribution in [0.15, 0.2) is 71.7 Å². The Morgan fingerprint density at radius 3 is 2.18 bits per heavy atom. The molecule has 0 aliphatic carbocycles. The predicted octanol–water partition coefficient (Wildman–Crippen LogP) is 5.90. The first-order chi connectivity index (χ1) is 16.6. The highest BCUT2D eigenvalue weighted by Crippen LogP contribution is 2.38. The average molecular weight is 458 g/mol. The van der Waals surface area contributed by atoms with E-state index in [2.05, 4.69) is 35.9 Å². The van der Waals surface area contributed by atoms with Crippen molar-refractivity contribution in [2.45, 2.75) is 20.4 Å². The van der Waals surface area contributed by atoms with Gasteiger partial charge >= 0.3 is 0 Å². The Kier molecular flexibility index (Phi) is 7.18. The number of aromatic amines is 1. The molecule has 0 saturated carbocycles. The van der Waals surface area contributed by atoms with Crippen LogP contribution in [0, 0.1) is 0 Å². The number of aromatic hydroxyl groups is 1. The van der Waals surface area contributed by atoms with Crippen LogP contribution < -0.4 is 9.47 Å². The molecule has 0 fully saturated rings. The number of ether oxygens (including phenoxy) is 2. The quantitative estimate of drug-likeness (QED) is 0.307. The molecular weight excluding hydrogens is 426 g/mol. The standard InChI is InChI=1S/C28H31N3O3/c1-5-31(6-2)18-19-12-14-21(15-13-19)29-27(20-10-8-7-9-11-20)26-22-16-24(33-3)25(34-4)17-23(22)30-28(26)32/h7-17,30,32H,5-6,18H2,1-4H3. The van der Waals surface area contributed by atoms with Crippen molar-refractivity contribution < 1.29 is 14.6 Å². The predicted molar refractivity (Wildman–Crippen MR) is 138 cm³/mol. The first-order valence-corrected chi connectivity index (χ1v) is 11.5. The van der Waals surface area contributed by atoms with Gasteiger partial charge in [0.1, 0.15) is 0 Å². The Morgan fingerprint density at radius 2 is 1.56 bits per heavy atom. The van der Waals surface area contributed by atoms with Crippen molar-refractivity contribution in [1.29, 1.82) is 0 Å². The molecule has 6 heteroatoms. The van der Waals surface area contributed by atoms with Crippen LogP contribution in [0.25, 0.3) is 10.9 Å². The molecule has 0 bridgehead atoms. The Morgan fingerprint density at radius 1 is 0.912 bits per heavy atom. The molecule has 176 valence electrons. The van der Waals surface area contributed by atoms with Crippen LogP contribution in [0.2, 0.25) is 0 Å². The van der Waals surface area contributed by atoms with Gasteiger partial charge in [0, 0.05) is 23.6 Å². The van der Waals surface area contributed by atoms with E-state index in [0.717, 1.165) is 41.8 Å². The smallest absolute Gasteiger partial charge is 0.199 e. The van der Waals surface area contributed by atoms with Crippen LogP contribution in [0.4, 0.5) is 5.69 Å². The molecule has 6 nitrogen and oxygen atoms in total. The summed E-state index contributed by atoms with van der Waals surface area (Å²) in [6, 6.07) is 21.8. The molecule has 0 aliphatic heterocycles. The lowest BCUT2D eigenvalue weighted by Crippen LogP contribution is -2.21. The molecule has 0 aliphatic rings. The van der Waals surface area contributed by atoms with E-state index in [9.17, 15) is 5.11 Å². The van der Waals surface area contributed by atoms with Crippen molar-refractivity contribution >= 4 is 22.3 Å². The van der Waals surface area contributed by atoms with Crippen LogP contribution in [-0.4, -0.2) is 48.0 Å². The number of methoxy groups -OCH3 is 2. The van der Waals surface area contributed by atoms with Gasteiger partial charge in [0.15, 0.2) is 17.4 Å². The third-order valence-corrected chi connectivity index (χ3v) is 6.04. The number of fused-ring (bicyclic) bond motifs is 1. The summed E-state index contributed by atoms with van der Waals surface area (Å²) in [5.74, 6) is 1.22. The Bertz CT molecular complexity index is 1270. The molecule has 0 saturated heterocycles.